The summed E-state index contributed by atoms with van der Waals surface area (Å²) in [6.45, 7) is 1.94. The molecule has 1 aliphatic rings. The van der Waals surface area contributed by atoms with Crippen molar-refractivity contribution in [3.63, 3.8) is 0 Å². The molecule has 0 saturated heterocycles. The largest absolute Gasteiger partial charge is 0.297 e. The SMILES string of the molecule is Cc1ccccc1N(O)C1CCCCCC1=O. The monoisotopic (exact) mass is 233 g/mol. The van der Waals surface area contributed by atoms with Crippen LogP contribution in [0.15, 0.2) is 24.3 Å². The smallest absolute Gasteiger partial charge is 0.157 e. The predicted octanol–water partition coefficient (Wildman–Crippen LogP) is 3.09. The molecular weight excluding hydrogens is 214 g/mol. The number of aryl methyl sites for hydroxylation is 1. The van der Waals surface area contributed by atoms with Crippen LogP contribution in [-0.4, -0.2) is 17.0 Å². The van der Waals surface area contributed by atoms with E-state index in [4.69, 9.17) is 0 Å². The average molecular weight is 233 g/mol. The van der Waals surface area contributed by atoms with Crippen LogP contribution in [0.3, 0.4) is 0 Å². The van der Waals surface area contributed by atoms with Crippen LogP contribution in [0.25, 0.3) is 0 Å². The summed E-state index contributed by atoms with van der Waals surface area (Å²) in [5.74, 6) is 0.160. The first-order chi connectivity index (χ1) is 8.20. The summed E-state index contributed by atoms with van der Waals surface area (Å²) in [6, 6.07) is 7.25. The van der Waals surface area contributed by atoms with Crippen molar-refractivity contribution >= 4 is 11.5 Å². The number of hydrogen-bond donors (Lipinski definition) is 1. The van der Waals surface area contributed by atoms with Gasteiger partial charge >= 0.3 is 0 Å². The zero-order valence-electron chi connectivity index (χ0n) is 10.2. The van der Waals surface area contributed by atoms with E-state index in [0.717, 1.165) is 36.9 Å². The van der Waals surface area contributed by atoms with E-state index < -0.39 is 0 Å². The highest BCUT2D eigenvalue weighted by Crippen LogP contribution is 2.25. The lowest BCUT2D eigenvalue weighted by Crippen LogP contribution is -2.38. The van der Waals surface area contributed by atoms with Crippen LogP contribution < -0.4 is 5.06 Å². The third-order valence-corrected chi connectivity index (χ3v) is 3.43. The van der Waals surface area contributed by atoms with E-state index in [9.17, 15) is 10.0 Å². The number of rotatable bonds is 2. The molecule has 0 heterocycles. The van der Waals surface area contributed by atoms with E-state index in [1.807, 2.05) is 31.2 Å². The van der Waals surface area contributed by atoms with Gasteiger partial charge in [0.25, 0.3) is 0 Å². The molecule has 3 nitrogen and oxygen atoms in total. The number of Topliss-reactive ketones (excluding diaryl/α,β-unsaturated/α-hetero) is 1. The standard InChI is InChI=1S/C14H19NO2/c1-11-7-5-6-8-12(11)15(17)13-9-3-2-4-10-14(13)16/h5-8,13,17H,2-4,9-10H2,1H3. The number of anilines is 1. The summed E-state index contributed by atoms with van der Waals surface area (Å²) in [6.07, 6.45) is 4.40. The number of benzene rings is 1. The fourth-order valence-corrected chi connectivity index (χ4v) is 2.39. The van der Waals surface area contributed by atoms with Gasteiger partial charge in [0.15, 0.2) is 5.78 Å². The molecule has 0 radical (unpaired) electrons. The minimum absolute atomic E-state index is 0.160. The summed E-state index contributed by atoms with van der Waals surface area (Å²) < 4.78 is 0. The number of carbonyl (C=O) groups excluding carboxylic acids is 1. The highest BCUT2D eigenvalue weighted by Gasteiger charge is 2.27. The lowest BCUT2D eigenvalue weighted by molar-refractivity contribution is -0.121. The molecule has 0 aliphatic heterocycles. The number of nitrogens with zero attached hydrogens (tertiary/aromatic N) is 1. The van der Waals surface area contributed by atoms with Gasteiger partial charge in [-0.3, -0.25) is 10.0 Å². The molecule has 0 spiro atoms. The van der Waals surface area contributed by atoms with Crippen molar-refractivity contribution in [2.24, 2.45) is 0 Å². The molecule has 1 N–H and O–H groups in total. The van der Waals surface area contributed by atoms with Crippen molar-refractivity contribution in [2.45, 2.75) is 45.1 Å². The van der Waals surface area contributed by atoms with Gasteiger partial charge in [-0.25, -0.2) is 5.06 Å². The Bertz CT molecular complexity index is 403. The van der Waals surface area contributed by atoms with Crippen molar-refractivity contribution in [3.8, 4) is 0 Å². The molecular formula is C14H19NO2. The zero-order chi connectivity index (χ0) is 12.3. The second kappa shape index (κ2) is 5.32. The third-order valence-electron chi connectivity index (χ3n) is 3.43. The van der Waals surface area contributed by atoms with Gasteiger partial charge in [-0.15, -0.1) is 0 Å². The molecule has 1 saturated carbocycles. The van der Waals surface area contributed by atoms with Gasteiger partial charge in [-0.05, 0) is 31.4 Å². The third kappa shape index (κ3) is 2.67. The molecule has 1 unspecified atom stereocenters. The summed E-state index contributed by atoms with van der Waals surface area (Å²) in [5.41, 5.74) is 1.74. The molecule has 1 aromatic carbocycles. The van der Waals surface area contributed by atoms with E-state index >= 15 is 0 Å². The quantitative estimate of drug-likeness (QED) is 0.630. The van der Waals surface area contributed by atoms with Crippen LogP contribution in [0.5, 0.6) is 0 Å². The number of carbonyl (C=O) groups is 1. The van der Waals surface area contributed by atoms with Gasteiger partial charge in [0.2, 0.25) is 0 Å². The Morgan fingerprint density at radius 3 is 2.76 bits per heavy atom. The summed E-state index contributed by atoms with van der Waals surface area (Å²) in [7, 11) is 0. The maximum atomic E-state index is 11.9. The van der Waals surface area contributed by atoms with Crippen LogP contribution in [0.2, 0.25) is 0 Å². The molecule has 17 heavy (non-hydrogen) atoms. The van der Waals surface area contributed by atoms with E-state index in [1.54, 1.807) is 0 Å². The summed E-state index contributed by atoms with van der Waals surface area (Å²) >= 11 is 0. The topological polar surface area (TPSA) is 40.5 Å². The van der Waals surface area contributed by atoms with Crippen molar-refractivity contribution in [3.05, 3.63) is 29.8 Å². The molecule has 2 rings (SSSR count). The number of ketones is 1. The highest BCUT2D eigenvalue weighted by atomic mass is 16.5. The number of hydroxylamine groups is 1. The van der Waals surface area contributed by atoms with E-state index in [0.29, 0.717) is 6.42 Å². The maximum Gasteiger partial charge on any atom is 0.157 e. The van der Waals surface area contributed by atoms with E-state index in [1.165, 1.54) is 5.06 Å². The minimum atomic E-state index is -0.362. The van der Waals surface area contributed by atoms with Crippen LogP contribution in [0, 0.1) is 6.92 Å². The van der Waals surface area contributed by atoms with Crippen molar-refractivity contribution in [1.29, 1.82) is 0 Å². The Morgan fingerprint density at radius 2 is 2.00 bits per heavy atom. The Balaban J connectivity index is 2.21. The first kappa shape index (κ1) is 12.1. The normalized spacial score (nSPS) is 21.1. The second-order valence-electron chi connectivity index (χ2n) is 4.71. The summed E-state index contributed by atoms with van der Waals surface area (Å²) in [4.78, 5) is 11.9. The Labute approximate surface area is 102 Å². The fourth-order valence-electron chi connectivity index (χ4n) is 2.39. The first-order valence-corrected chi connectivity index (χ1v) is 6.26. The predicted molar refractivity (Wildman–Crippen MR) is 67.3 cm³/mol. The molecule has 92 valence electrons. The second-order valence-corrected chi connectivity index (χ2v) is 4.71. The van der Waals surface area contributed by atoms with Gasteiger partial charge in [-0.2, -0.15) is 0 Å². The van der Waals surface area contributed by atoms with Gasteiger partial charge in [0, 0.05) is 6.42 Å². The first-order valence-electron chi connectivity index (χ1n) is 6.26. The van der Waals surface area contributed by atoms with Gasteiger partial charge < -0.3 is 0 Å². The molecule has 0 amide bonds. The highest BCUT2D eigenvalue weighted by molar-refractivity contribution is 5.87. The van der Waals surface area contributed by atoms with E-state index in [2.05, 4.69) is 0 Å². The molecule has 0 aromatic heterocycles. The maximum absolute atomic E-state index is 11.9. The summed E-state index contributed by atoms with van der Waals surface area (Å²) in [5, 5.41) is 11.4. The van der Waals surface area contributed by atoms with Crippen LogP contribution in [-0.2, 0) is 4.79 Å². The van der Waals surface area contributed by atoms with Crippen LogP contribution in [0.1, 0.15) is 37.7 Å². The fraction of sp³-hybridized carbons (Fsp3) is 0.500. The molecule has 1 aliphatic carbocycles. The molecule has 0 bridgehead atoms. The van der Waals surface area contributed by atoms with Gasteiger partial charge in [-0.1, -0.05) is 31.0 Å². The van der Waals surface area contributed by atoms with Crippen molar-refractivity contribution < 1.29 is 10.0 Å². The lowest BCUT2D eigenvalue weighted by Gasteiger charge is -2.26. The van der Waals surface area contributed by atoms with Crippen molar-refractivity contribution in [1.82, 2.24) is 0 Å². The number of hydrogen-bond acceptors (Lipinski definition) is 3. The Hall–Kier alpha value is -1.35. The Kier molecular flexibility index (Phi) is 3.79. The van der Waals surface area contributed by atoms with Crippen LogP contribution >= 0.6 is 0 Å². The minimum Gasteiger partial charge on any atom is -0.297 e. The zero-order valence-corrected chi connectivity index (χ0v) is 10.2. The average Bonchev–Trinajstić information content (AvgIpc) is 2.54. The lowest BCUT2D eigenvalue weighted by atomic mass is 10.1. The number of para-hydroxylation sites is 1. The Morgan fingerprint density at radius 1 is 1.24 bits per heavy atom. The van der Waals surface area contributed by atoms with Crippen molar-refractivity contribution in [2.75, 3.05) is 5.06 Å². The molecule has 1 aromatic rings. The van der Waals surface area contributed by atoms with E-state index in [-0.39, 0.29) is 11.8 Å². The van der Waals surface area contributed by atoms with Crippen LogP contribution in [0.4, 0.5) is 5.69 Å². The van der Waals surface area contributed by atoms with Gasteiger partial charge in [0.1, 0.15) is 6.04 Å². The molecule has 1 fully saturated rings. The van der Waals surface area contributed by atoms with Gasteiger partial charge in [0.05, 0.1) is 5.69 Å². The molecule has 3 heteroatoms. The molecule has 1 atom stereocenters.